The zero-order valence-corrected chi connectivity index (χ0v) is 28.4. The zero-order valence-electron chi connectivity index (χ0n) is 28.4. The summed E-state index contributed by atoms with van der Waals surface area (Å²) in [5.74, 6) is 0. The number of hydrogen-bond acceptors (Lipinski definition) is 2. The lowest BCUT2D eigenvalue weighted by Gasteiger charge is -2.29. The monoisotopic (exact) mass is 663 g/mol. The molecule has 0 saturated carbocycles. The highest BCUT2D eigenvalue weighted by molar-refractivity contribution is 6.14. The first-order valence-electron chi connectivity index (χ1n) is 17.8. The Hall–Kier alpha value is -6.90. The minimum atomic E-state index is 0.901. The number of para-hydroxylation sites is 3. The van der Waals surface area contributed by atoms with Crippen LogP contribution in [0.3, 0.4) is 0 Å². The van der Waals surface area contributed by atoms with Crippen molar-refractivity contribution >= 4 is 60.5 Å². The molecule has 9 aromatic carbocycles. The van der Waals surface area contributed by atoms with Gasteiger partial charge in [0.05, 0.1) is 5.69 Å². The SMILES string of the molecule is c1ccc(-c2ccc(-c3cc4ccccc4c4ccccc34)cc2N(c2ccccc2)c2cccc(-c3cccc4c3oc3ccccc34)c2)cc1. The van der Waals surface area contributed by atoms with Crippen molar-refractivity contribution in [2.45, 2.75) is 0 Å². The van der Waals surface area contributed by atoms with Crippen LogP contribution < -0.4 is 4.90 Å². The molecule has 0 N–H and O–H groups in total. The van der Waals surface area contributed by atoms with Gasteiger partial charge < -0.3 is 9.32 Å². The third-order valence-corrected chi connectivity index (χ3v) is 10.2. The van der Waals surface area contributed by atoms with E-state index in [4.69, 9.17) is 4.42 Å². The molecule has 0 fully saturated rings. The normalized spacial score (nSPS) is 11.5. The molecule has 0 atom stereocenters. The van der Waals surface area contributed by atoms with Gasteiger partial charge in [-0.3, -0.25) is 0 Å². The van der Waals surface area contributed by atoms with Crippen LogP contribution in [0.25, 0.3) is 76.9 Å². The van der Waals surface area contributed by atoms with E-state index in [2.05, 4.69) is 193 Å². The van der Waals surface area contributed by atoms with E-state index < -0.39 is 0 Å². The average molecular weight is 664 g/mol. The van der Waals surface area contributed by atoms with E-state index in [0.29, 0.717) is 0 Å². The van der Waals surface area contributed by atoms with Crippen LogP contribution in [-0.4, -0.2) is 0 Å². The third-order valence-electron chi connectivity index (χ3n) is 10.2. The molecule has 2 nitrogen and oxygen atoms in total. The first-order valence-corrected chi connectivity index (χ1v) is 17.8. The van der Waals surface area contributed by atoms with Gasteiger partial charge in [0.2, 0.25) is 0 Å². The number of furan rings is 1. The highest BCUT2D eigenvalue weighted by atomic mass is 16.3. The minimum absolute atomic E-state index is 0.901. The van der Waals surface area contributed by atoms with Gasteiger partial charge in [0.1, 0.15) is 11.2 Å². The third kappa shape index (κ3) is 5.04. The number of benzene rings is 9. The Kier molecular flexibility index (Phi) is 7.18. The summed E-state index contributed by atoms with van der Waals surface area (Å²) in [7, 11) is 0. The molecule has 52 heavy (non-hydrogen) atoms. The Labute approximate surface area is 302 Å². The molecule has 10 rings (SSSR count). The highest BCUT2D eigenvalue weighted by Gasteiger charge is 2.21. The van der Waals surface area contributed by atoms with Crippen LogP contribution in [0.4, 0.5) is 17.1 Å². The van der Waals surface area contributed by atoms with Crippen LogP contribution in [0.5, 0.6) is 0 Å². The molecule has 0 saturated heterocycles. The molecule has 0 aliphatic carbocycles. The van der Waals surface area contributed by atoms with Gasteiger partial charge in [-0.1, -0.05) is 158 Å². The Balaban J connectivity index is 1.22. The zero-order chi connectivity index (χ0) is 34.4. The van der Waals surface area contributed by atoms with E-state index in [1.807, 2.05) is 12.1 Å². The number of nitrogens with zero attached hydrogens (tertiary/aromatic N) is 1. The van der Waals surface area contributed by atoms with E-state index in [0.717, 1.165) is 61.3 Å². The van der Waals surface area contributed by atoms with Crippen molar-refractivity contribution in [1.29, 1.82) is 0 Å². The van der Waals surface area contributed by atoms with Gasteiger partial charge in [-0.25, -0.2) is 0 Å². The van der Waals surface area contributed by atoms with Crippen LogP contribution >= 0.6 is 0 Å². The van der Waals surface area contributed by atoms with Crippen LogP contribution in [-0.2, 0) is 0 Å². The van der Waals surface area contributed by atoms with Crippen LogP contribution in [0.2, 0.25) is 0 Å². The van der Waals surface area contributed by atoms with Crippen molar-refractivity contribution in [3.63, 3.8) is 0 Å². The van der Waals surface area contributed by atoms with E-state index in [9.17, 15) is 0 Å². The van der Waals surface area contributed by atoms with Gasteiger partial charge in [0.25, 0.3) is 0 Å². The molecule has 0 unspecified atom stereocenters. The van der Waals surface area contributed by atoms with E-state index in [1.165, 1.54) is 32.7 Å². The number of hydrogen-bond donors (Lipinski definition) is 0. The predicted octanol–water partition coefficient (Wildman–Crippen LogP) is 14.4. The summed E-state index contributed by atoms with van der Waals surface area (Å²) in [4.78, 5) is 2.40. The maximum absolute atomic E-state index is 6.50. The minimum Gasteiger partial charge on any atom is -0.455 e. The van der Waals surface area contributed by atoms with Crippen LogP contribution in [0, 0.1) is 0 Å². The van der Waals surface area contributed by atoms with Crippen molar-refractivity contribution in [3.05, 3.63) is 200 Å². The lowest BCUT2D eigenvalue weighted by molar-refractivity contribution is 0.670. The molecule has 0 radical (unpaired) electrons. The second kappa shape index (κ2) is 12.5. The Morgan fingerprint density at radius 3 is 1.79 bits per heavy atom. The fourth-order valence-corrected chi connectivity index (χ4v) is 7.83. The fourth-order valence-electron chi connectivity index (χ4n) is 7.83. The molecule has 0 aliphatic rings. The Morgan fingerprint density at radius 2 is 0.942 bits per heavy atom. The van der Waals surface area contributed by atoms with E-state index in [-0.39, 0.29) is 0 Å². The summed E-state index contributed by atoms with van der Waals surface area (Å²) in [6, 6.07) is 71.7. The standard InChI is InChI=1S/C50H33NO/c1-3-15-34(16-4-1)41-30-29-37(47-32-36-17-7-8-22-40(36)43-23-9-10-24-44(43)47)33-48(41)51(38-19-5-2-6-20-38)39-21-13-18-35(31-39)42-26-14-27-46-45-25-11-12-28-49(45)52-50(42)46/h1-33H. The molecule has 1 heterocycles. The highest BCUT2D eigenvalue weighted by Crippen LogP contribution is 2.46. The maximum atomic E-state index is 6.50. The molecule has 2 heteroatoms. The maximum Gasteiger partial charge on any atom is 0.143 e. The number of rotatable bonds is 6. The second-order valence-corrected chi connectivity index (χ2v) is 13.3. The summed E-state index contributed by atoms with van der Waals surface area (Å²) < 4.78 is 6.50. The molecule has 10 aromatic rings. The van der Waals surface area contributed by atoms with Crippen molar-refractivity contribution in [2.75, 3.05) is 4.90 Å². The summed E-state index contributed by atoms with van der Waals surface area (Å²) >= 11 is 0. The number of anilines is 3. The smallest absolute Gasteiger partial charge is 0.143 e. The Morgan fingerprint density at radius 1 is 0.327 bits per heavy atom. The van der Waals surface area contributed by atoms with Crippen LogP contribution in [0.1, 0.15) is 0 Å². The lowest BCUT2D eigenvalue weighted by Crippen LogP contribution is -2.11. The summed E-state index contributed by atoms with van der Waals surface area (Å²) in [6.07, 6.45) is 0. The van der Waals surface area contributed by atoms with E-state index in [1.54, 1.807) is 0 Å². The summed E-state index contributed by atoms with van der Waals surface area (Å²) in [5.41, 5.74) is 11.9. The first-order chi connectivity index (χ1) is 25.8. The molecule has 0 bridgehead atoms. The second-order valence-electron chi connectivity index (χ2n) is 13.3. The topological polar surface area (TPSA) is 16.4 Å². The lowest BCUT2D eigenvalue weighted by atomic mass is 9.91. The van der Waals surface area contributed by atoms with Gasteiger partial charge in [0, 0.05) is 33.3 Å². The fraction of sp³-hybridized carbons (Fsp3) is 0. The largest absolute Gasteiger partial charge is 0.455 e. The van der Waals surface area contributed by atoms with Crippen molar-refractivity contribution < 1.29 is 4.42 Å². The molecule has 0 amide bonds. The van der Waals surface area contributed by atoms with Crippen LogP contribution in [0.15, 0.2) is 205 Å². The predicted molar refractivity (Wildman–Crippen MR) is 220 cm³/mol. The van der Waals surface area contributed by atoms with Gasteiger partial charge >= 0.3 is 0 Å². The van der Waals surface area contributed by atoms with Gasteiger partial charge in [-0.05, 0) is 86.3 Å². The van der Waals surface area contributed by atoms with Gasteiger partial charge in [-0.15, -0.1) is 0 Å². The Bertz CT molecular complexity index is 2910. The van der Waals surface area contributed by atoms with Crippen molar-refractivity contribution in [3.8, 4) is 33.4 Å². The molecular weight excluding hydrogens is 631 g/mol. The van der Waals surface area contributed by atoms with E-state index >= 15 is 0 Å². The first kappa shape index (κ1) is 30.0. The van der Waals surface area contributed by atoms with Crippen molar-refractivity contribution in [1.82, 2.24) is 0 Å². The van der Waals surface area contributed by atoms with Crippen molar-refractivity contribution in [2.24, 2.45) is 0 Å². The molecule has 0 aliphatic heterocycles. The molecule has 1 aromatic heterocycles. The van der Waals surface area contributed by atoms with Gasteiger partial charge in [0.15, 0.2) is 0 Å². The molecule has 244 valence electrons. The average Bonchev–Trinajstić information content (AvgIpc) is 3.61. The van der Waals surface area contributed by atoms with Gasteiger partial charge in [-0.2, -0.15) is 0 Å². The number of fused-ring (bicyclic) bond motifs is 6. The quantitative estimate of drug-likeness (QED) is 0.165. The summed E-state index contributed by atoms with van der Waals surface area (Å²) in [5, 5.41) is 7.26. The molecular formula is C50H33NO. The molecule has 0 spiro atoms. The summed E-state index contributed by atoms with van der Waals surface area (Å²) in [6.45, 7) is 0.